The van der Waals surface area contributed by atoms with Crippen molar-refractivity contribution in [3.8, 4) is 0 Å². The molecular formula is C33H66N2O. The van der Waals surface area contributed by atoms with Gasteiger partial charge in [0.1, 0.15) is 0 Å². The zero-order valence-corrected chi connectivity index (χ0v) is 25.3. The molecule has 1 saturated carbocycles. The summed E-state index contributed by atoms with van der Waals surface area (Å²) in [5.41, 5.74) is 0. The minimum absolute atomic E-state index is 0.247. The summed E-state index contributed by atoms with van der Waals surface area (Å²) in [6, 6.07) is 0.393. The Kier molecular flexibility index (Phi) is 21.9. The number of carbonyl (C=O) groups excluding carboxylic acids is 1. The molecule has 0 aromatic heterocycles. The zero-order chi connectivity index (χ0) is 26.3. The first-order valence-corrected chi connectivity index (χ1v) is 16.5. The van der Waals surface area contributed by atoms with Crippen molar-refractivity contribution in [3.63, 3.8) is 0 Å². The standard InChI is InChI=1S/C33H66N2O/c1-5-7-9-11-13-17-21-25-32(34-33(36)27-28-35(3)4)26-22-18-14-16-20-24-31-29-30(31)23-19-15-12-10-8-6-2/h30-32H,5-29H2,1-4H3,(H,34,36)/t30-,31+,32+/m0/s1. The first-order chi connectivity index (χ1) is 17.6. The van der Waals surface area contributed by atoms with Gasteiger partial charge < -0.3 is 10.2 Å². The molecule has 214 valence electrons. The molecule has 3 nitrogen and oxygen atoms in total. The average molecular weight is 507 g/mol. The molecule has 1 aliphatic carbocycles. The van der Waals surface area contributed by atoms with Gasteiger partial charge in [-0.1, -0.05) is 142 Å². The van der Waals surface area contributed by atoms with Gasteiger partial charge in [0, 0.05) is 19.0 Å². The van der Waals surface area contributed by atoms with Crippen LogP contribution in [0.1, 0.15) is 168 Å². The molecule has 3 atom stereocenters. The molecule has 36 heavy (non-hydrogen) atoms. The molecule has 0 aliphatic heterocycles. The number of hydrogen-bond donors (Lipinski definition) is 1. The van der Waals surface area contributed by atoms with E-state index < -0.39 is 0 Å². The van der Waals surface area contributed by atoms with Crippen LogP contribution in [0.25, 0.3) is 0 Å². The van der Waals surface area contributed by atoms with Crippen LogP contribution in [-0.2, 0) is 4.79 Å². The van der Waals surface area contributed by atoms with Crippen LogP contribution in [0, 0.1) is 11.8 Å². The Morgan fingerprint density at radius 3 is 1.53 bits per heavy atom. The highest BCUT2D eigenvalue weighted by Crippen LogP contribution is 2.45. The lowest BCUT2D eigenvalue weighted by Gasteiger charge is -2.20. The van der Waals surface area contributed by atoms with E-state index in [4.69, 9.17) is 0 Å². The molecule has 0 saturated heterocycles. The molecule has 3 heteroatoms. The molecule has 1 amide bonds. The average Bonchev–Trinajstić information content (AvgIpc) is 3.61. The van der Waals surface area contributed by atoms with Crippen LogP contribution in [0.2, 0.25) is 0 Å². The number of nitrogens with zero attached hydrogens (tertiary/aromatic N) is 1. The Labute approximate surface area is 227 Å². The van der Waals surface area contributed by atoms with E-state index in [1.807, 2.05) is 14.1 Å². The topological polar surface area (TPSA) is 32.3 Å². The number of amides is 1. The molecule has 0 spiro atoms. The minimum Gasteiger partial charge on any atom is -0.353 e. The summed E-state index contributed by atoms with van der Waals surface area (Å²) in [7, 11) is 4.09. The molecule has 0 aromatic rings. The number of nitrogens with one attached hydrogen (secondary N) is 1. The van der Waals surface area contributed by atoms with Crippen molar-refractivity contribution in [1.82, 2.24) is 10.2 Å². The van der Waals surface area contributed by atoms with Crippen molar-refractivity contribution < 1.29 is 4.79 Å². The Morgan fingerprint density at radius 1 is 0.667 bits per heavy atom. The number of rotatable bonds is 27. The van der Waals surface area contributed by atoms with Gasteiger partial charge in [0.15, 0.2) is 0 Å². The molecular weight excluding hydrogens is 440 g/mol. The molecule has 0 heterocycles. The van der Waals surface area contributed by atoms with Crippen molar-refractivity contribution in [3.05, 3.63) is 0 Å². The largest absolute Gasteiger partial charge is 0.353 e. The van der Waals surface area contributed by atoms with E-state index in [1.165, 1.54) is 148 Å². The second kappa shape index (κ2) is 23.5. The van der Waals surface area contributed by atoms with E-state index in [2.05, 4.69) is 24.1 Å². The molecule has 0 bridgehead atoms. The molecule has 1 aliphatic rings. The second-order valence-corrected chi connectivity index (χ2v) is 12.4. The summed E-state index contributed by atoms with van der Waals surface area (Å²) in [5, 5.41) is 3.38. The van der Waals surface area contributed by atoms with Crippen LogP contribution in [0.3, 0.4) is 0 Å². The third-order valence-corrected chi connectivity index (χ3v) is 8.43. The quantitative estimate of drug-likeness (QED) is 0.112. The highest BCUT2D eigenvalue weighted by atomic mass is 16.1. The third-order valence-electron chi connectivity index (χ3n) is 8.43. The lowest BCUT2D eigenvalue weighted by atomic mass is 9.99. The van der Waals surface area contributed by atoms with Crippen LogP contribution < -0.4 is 5.32 Å². The SMILES string of the molecule is CCCCCCCCC[C@H](CCCCCCC[C@@H]1C[C@@H]1CCCCCCCC)NC(=O)CCN(C)C. The van der Waals surface area contributed by atoms with Crippen molar-refractivity contribution in [2.45, 2.75) is 174 Å². The maximum absolute atomic E-state index is 12.4. The van der Waals surface area contributed by atoms with E-state index in [-0.39, 0.29) is 5.91 Å². The van der Waals surface area contributed by atoms with E-state index in [1.54, 1.807) is 0 Å². The monoisotopic (exact) mass is 507 g/mol. The number of unbranched alkanes of at least 4 members (excludes halogenated alkanes) is 15. The van der Waals surface area contributed by atoms with Crippen LogP contribution in [-0.4, -0.2) is 37.5 Å². The van der Waals surface area contributed by atoms with Gasteiger partial charge in [-0.25, -0.2) is 0 Å². The van der Waals surface area contributed by atoms with Crippen LogP contribution >= 0.6 is 0 Å². The summed E-state index contributed by atoms with van der Waals surface area (Å²) in [6.45, 7) is 5.43. The fourth-order valence-corrected chi connectivity index (χ4v) is 5.79. The van der Waals surface area contributed by atoms with Gasteiger partial charge in [0.05, 0.1) is 0 Å². The highest BCUT2D eigenvalue weighted by molar-refractivity contribution is 5.76. The first kappa shape index (κ1) is 33.5. The van der Waals surface area contributed by atoms with Gasteiger partial charge in [0.25, 0.3) is 0 Å². The van der Waals surface area contributed by atoms with Gasteiger partial charge in [-0.3, -0.25) is 4.79 Å². The summed E-state index contributed by atoms with van der Waals surface area (Å²) in [6.07, 6.45) is 32.5. The maximum Gasteiger partial charge on any atom is 0.221 e. The van der Waals surface area contributed by atoms with Crippen LogP contribution in [0.4, 0.5) is 0 Å². The Bertz CT molecular complexity index is 492. The fourth-order valence-electron chi connectivity index (χ4n) is 5.79. The lowest BCUT2D eigenvalue weighted by molar-refractivity contribution is -0.122. The van der Waals surface area contributed by atoms with Crippen molar-refractivity contribution in [1.29, 1.82) is 0 Å². The smallest absolute Gasteiger partial charge is 0.221 e. The lowest BCUT2D eigenvalue weighted by Crippen LogP contribution is -2.36. The van der Waals surface area contributed by atoms with Gasteiger partial charge in [-0.15, -0.1) is 0 Å². The summed E-state index contributed by atoms with van der Waals surface area (Å²) < 4.78 is 0. The second-order valence-electron chi connectivity index (χ2n) is 12.4. The van der Waals surface area contributed by atoms with E-state index in [9.17, 15) is 4.79 Å². The number of carbonyl (C=O) groups is 1. The molecule has 1 N–H and O–H groups in total. The van der Waals surface area contributed by atoms with Gasteiger partial charge >= 0.3 is 0 Å². The summed E-state index contributed by atoms with van der Waals surface area (Å²) in [5.74, 6) is 2.40. The normalized spacial score (nSPS) is 18.0. The molecule has 0 unspecified atom stereocenters. The predicted molar refractivity (Wildman–Crippen MR) is 160 cm³/mol. The van der Waals surface area contributed by atoms with Crippen molar-refractivity contribution in [2.24, 2.45) is 11.8 Å². The van der Waals surface area contributed by atoms with Gasteiger partial charge in [-0.05, 0) is 45.2 Å². The molecule has 1 fully saturated rings. The summed E-state index contributed by atoms with van der Waals surface area (Å²) in [4.78, 5) is 14.5. The predicted octanol–water partition coefficient (Wildman–Crippen LogP) is 9.68. The van der Waals surface area contributed by atoms with Crippen LogP contribution in [0.15, 0.2) is 0 Å². The minimum atomic E-state index is 0.247. The highest BCUT2D eigenvalue weighted by Gasteiger charge is 2.34. The first-order valence-electron chi connectivity index (χ1n) is 16.5. The van der Waals surface area contributed by atoms with Gasteiger partial charge in [0.2, 0.25) is 5.91 Å². The Hall–Kier alpha value is -0.570. The van der Waals surface area contributed by atoms with E-state index >= 15 is 0 Å². The molecule has 0 aromatic carbocycles. The van der Waals surface area contributed by atoms with Crippen LogP contribution in [0.5, 0.6) is 0 Å². The van der Waals surface area contributed by atoms with E-state index in [0.29, 0.717) is 12.5 Å². The molecule has 1 rings (SSSR count). The maximum atomic E-state index is 12.4. The van der Waals surface area contributed by atoms with Crippen molar-refractivity contribution >= 4 is 5.91 Å². The summed E-state index contributed by atoms with van der Waals surface area (Å²) >= 11 is 0. The van der Waals surface area contributed by atoms with E-state index in [0.717, 1.165) is 18.4 Å². The fraction of sp³-hybridized carbons (Fsp3) is 0.970. The zero-order valence-electron chi connectivity index (χ0n) is 25.3. The number of hydrogen-bond acceptors (Lipinski definition) is 2. The Morgan fingerprint density at radius 2 is 1.08 bits per heavy atom. The van der Waals surface area contributed by atoms with Gasteiger partial charge in [-0.2, -0.15) is 0 Å². The third kappa shape index (κ3) is 20.5. The molecule has 0 radical (unpaired) electrons. The van der Waals surface area contributed by atoms with Crippen molar-refractivity contribution in [2.75, 3.05) is 20.6 Å². The Balaban J connectivity index is 2.07.